The van der Waals surface area contributed by atoms with E-state index in [1.807, 2.05) is 43.6 Å². The molecule has 0 spiro atoms. The number of hydrogen-bond donors (Lipinski definition) is 3. The molecule has 0 atom stereocenters. The largest absolute Gasteiger partial charge is 0.361 e. The summed E-state index contributed by atoms with van der Waals surface area (Å²) in [6.45, 7) is 1.77. The molecule has 1 heterocycles. The zero-order valence-corrected chi connectivity index (χ0v) is 20.2. The molecule has 0 unspecified atom stereocenters. The first-order valence-electron chi connectivity index (χ1n) is 10.0. The lowest BCUT2D eigenvalue weighted by Crippen LogP contribution is -2.40. The number of halogens is 2. The fourth-order valence-electron chi connectivity index (χ4n) is 3.33. The number of nitrogens with one attached hydrogen (secondary N) is 3. The van der Waals surface area contributed by atoms with Gasteiger partial charge in [0.1, 0.15) is 5.82 Å². The number of aromatic nitrogens is 1. The van der Waals surface area contributed by atoms with Crippen LogP contribution in [0.1, 0.15) is 17.5 Å². The Morgan fingerprint density at radius 2 is 1.87 bits per heavy atom. The van der Waals surface area contributed by atoms with Crippen LogP contribution in [0.4, 0.5) is 4.39 Å². The molecule has 166 valence electrons. The molecule has 0 aliphatic heterocycles. The van der Waals surface area contributed by atoms with E-state index in [-0.39, 0.29) is 35.7 Å². The quantitative estimate of drug-likeness (QED) is 0.233. The predicted molar refractivity (Wildman–Crippen MR) is 134 cm³/mol. The van der Waals surface area contributed by atoms with Crippen molar-refractivity contribution in [2.45, 2.75) is 19.4 Å². The number of rotatable bonds is 8. The van der Waals surface area contributed by atoms with Gasteiger partial charge in [-0.05, 0) is 35.7 Å². The molecule has 0 bridgehead atoms. The SMILES string of the molecule is CN=C(NCCC(=O)N(C)Cc1ccccc1)NCCc1c[nH]c2cc(F)ccc12.I. The van der Waals surface area contributed by atoms with E-state index in [1.165, 1.54) is 12.1 Å². The molecule has 3 aromatic rings. The molecule has 2 aromatic carbocycles. The van der Waals surface area contributed by atoms with Crippen molar-refractivity contribution in [2.75, 3.05) is 27.2 Å². The molecule has 0 aliphatic carbocycles. The highest BCUT2D eigenvalue weighted by molar-refractivity contribution is 14.0. The Balaban J connectivity index is 0.00000341. The standard InChI is InChI=1S/C23H28FN5O.HI/c1-25-23(26-12-10-18-15-28-21-14-19(24)8-9-20(18)21)27-13-11-22(30)29(2)16-17-6-4-3-5-7-17;/h3-9,14-15,28H,10-13,16H2,1-2H3,(H2,25,26,27);1H. The van der Waals surface area contributed by atoms with Gasteiger partial charge in [0.25, 0.3) is 0 Å². The monoisotopic (exact) mass is 537 g/mol. The number of benzene rings is 2. The van der Waals surface area contributed by atoms with E-state index in [4.69, 9.17) is 0 Å². The number of hydrogen-bond acceptors (Lipinski definition) is 2. The van der Waals surface area contributed by atoms with Crippen LogP contribution in [0.2, 0.25) is 0 Å². The van der Waals surface area contributed by atoms with Gasteiger partial charge in [0.05, 0.1) is 0 Å². The summed E-state index contributed by atoms with van der Waals surface area (Å²) in [4.78, 5) is 21.4. The lowest BCUT2D eigenvalue weighted by atomic mass is 10.1. The molecule has 0 radical (unpaired) electrons. The van der Waals surface area contributed by atoms with E-state index >= 15 is 0 Å². The number of aromatic amines is 1. The summed E-state index contributed by atoms with van der Waals surface area (Å²) in [6, 6.07) is 14.7. The average Bonchev–Trinajstić information content (AvgIpc) is 3.15. The number of nitrogens with zero attached hydrogens (tertiary/aromatic N) is 2. The summed E-state index contributed by atoms with van der Waals surface area (Å²) >= 11 is 0. The molecule has 1 amide bonds. The number of aliphatic imine (C=N–C) groups is 1. The number of guanidine groups is 1. The molecule has 31 heavy (non-hydrogen) atoms. The maximum absolute atomic E-state index is 13.3. The average molecular weight is 537 g/mol. The second kappa shape index (κ2) is 12.3. The summed E-state index contributed by atoms with van der Waals surface area (Å²) in [6.07, 6.45) is 3.06. The molecule has 6 nitrogen and oxygen atoms in total. The van der Waals surface area contributed by atoms with Gasteiger partial charge < -0.3 is 20.5 Å². The van der Waals surface area contributed by atoms with Gasteiger partial charge in [-0.25, -0.2) is 4.39 Å². The Morgan fingerprint density at radius 1 is 1.13 bits per heavy atom. The molecular weight excluding hydrogens is 508 g/mol. The van der Waals surface area contributed by atoms with Crippen molar-refractivity contribution in [3.05, 3.63) is 71.7 Å². The number of H-pyrrole nitrogens is 1. The molecule has 3 rings (SSSR count). The Bertz CT molecular complexity index is 1010. The maximum Gasteiger partial charge on any atom is 0.224 e. The summed E-state index contributed by atoms with van der Waals surface area (Å²) in [5.41, 5.74) is 3.02. The Kier molecular flexibility index (Phi) is 9.77. The van der Waals surface area contributed by atoms with Crippen LogP contribution in [0.15, 0.2) is 59.7 Å². The first kappa shape index (κ1) is 24.6. The molecule has 0 aliphatic rings. The smallest absolute Gasteiger partial charge is 0.224 e. The van der Waals surface area contributed by atoms with Crippen molar-refractivity contribution < 1.29 is 9.18 Å². The molecule has 0 fully saturated rings. The number of carbonyl (C=O) groups is 1. The van der Waals surface area contributed by atoms with E-state index in [0.717, 1.165) is 28.5 Å². The van der Waals surface area contributed by atoms with Crippen molar-refractivity contribution in [1.82, 2.24) is 20.5 Å². The highest BCUT2D eigenvalue weighted by atomic mass is 127. The normalized spacial score (nSPS) is 11.1. The van der Waals surface area contributed by atoms with Gasteiger partial charge in [-0.3, -0.25) is 9.79 Å². The Morgan fingerprint density at radius 3 is 2.61 bits per heavy atom. The van der Waals surface area contributed by atoms with Crippen LogP contribution in [0, 0.1) is 5.82 Å². The van der Waals surface area contributed by atoms with E-state index in [2.05, 4.69) is 20.6 Å². The minimum atomic E-state index is -0.248. The van der Waals surface area contributed by atoms with Crippen molar-refractivity contribution >= 4 is 46.7 Å². The molecule has 1 aromatic heterocycles. The lowest BCUT2D eigenvalue weighted by molar-refractivity contribution is -0.130. The molecule has 8 heteroatoms. The van der Waals surface area contributed by atoms with Crippen LogP contribution in [0.5, 0.6) is 0 Å². The number of fused-ring (bicyclic) bond motifs is 1. The molecule has 3 N–H and O–H groups in total. The topological polar surface area (TPSA) is 72.5 Å². The fraction of sp³-hybridized carbons (Fsp3) is 0.304. The lowest BCUT2D eigenvalue weighted by Gasteiger charge is -2.18. The van der Waals surface area contributed by atoms with E-state index in [1.54, 1.807) is 18.0 Å². The van der Waals surface area contributed by atoms with Crippen LogP contribution >= 0.6 is 24.0 Å². The van der Waals surface area contributed by atoms with Gasteiger partial charge >= 0.3 is 0 Å². The summed E-state index contributed by atoms with van der Waals surface area (Å²) in [5.74, 6) is 0.481. The van der Waals surface area contributed by atoms with E-state index in [0.29, 0.717) is 32.0 Å². The van der Waals surface area contributed by atoms with Crippen molar-refractivity contribution in [2.24, 2.45) is 4.99 Å². The highest BCUT2D eigenvalue weighted by Gasteiger charge is 2.10. The molecule has 0 saturated heterocycles. The number of amides is 1. The third-order valence-corrected chi connectivity index (χ3v) is 4.96. The second-order valence-electron chi connectivity index (χ2n) is 7.16. The summed E-state index contributed by atoms with van der Waals surface area (Å²) in [5, 5.41) is 7.45. The van der Waals surface area contributed by atoms with Crippen molar-refractivity contribution in [3.63, 3.8) is 0 Å². The first-order valence-corrected chi connectivity index (χ1v) is 10.0. The van der Waals surface area contributed by atoms with Gasteiger partial charge in [-0.1, -0.05) is 30.3 Å². The Hall–Kier alpha value is -2.62. The van der Waals surface area contributed by atoms with Gasteiger partial charge in [-0.15, -0.1) is 24.0 Å². The van der Waals surface area contributed by atoms with Gasteiger partial charge in [0.15, 0.2) is 5.96 Å². The van der Waals surface area contributed by atoms with Crippen LogP contribution in [0.25, 0.3) is 10.9 Å². The zero-order chi connectivity index (χ0) is 21.3. The third-order valence-electron chi connectivity index (χ3n) is 4.96. The number of carbonyl (C=O) groups excluding carboxylic acids is 1. The van der Waals surface area contributed by atoms with Gasteiger partial charge in [0, 0.05) is 57.3 Å². The zero-order valence-electron chi connectivity index (χ0n) is 17.8. The Labute approximate surface area is 199 Å². The van der Waals surface area contributed by atoms with Crippen LogP contribution in [0.3, 0.4) is 0 Å². The van der Waals surface area contributed by atoms with Crippen molar-refractivity contribution in [1.29, 1.82) is 0 Å². The minimum Gasteiger partial charge on any atom is -0.361 e. The van der Waals surface area contributed by atoms with Crippen LogP contribution in [-0.2, 0) is 17.8 Å². The van der Waals surface area contributed by atoms with Gasteiger partial charge in [0.2, 0.25) is 5.91 Å². The predicted octanol–water partition coefficient (Wildman–Crippen LogP) is 3.68. The third kappa shape index (κ3) is 7.23. The first-order chi connectivity index (χ1) is 14.6. The summed E-state index contributed by atoms with van der Waals surface area (Å²) in [7, 11) is 3.52. The maximum atomic E-state index is 13.3. The minimum absolute atomic E-state index is 0. The molecular formula is C23H29FIN5O. The highest BCUT2D eigenvalue weighted by Crippen LogP contribution is 2.19. The van der Waals surface area contributed by atoms with Crippen LogP contribution < -0.4 is 10.6 Å². The second-order valence-corrected chi connectivity index (χ2v) is 7.16. The van der Waals surface area contributed by atoms with Crippen LogP contribution in [-0.4, -0.2) is 48.9 Å². The van der Waals surface area contributed by atoms with E-state index in [9.17, 15) is 9.18 Å². The van der Waals surface area contributed by atoms with E-state index < -0.39 is 0 Å². The molecule has 0 saturated carbocycles. The van der Waals surface area contributed by atoms with Gasteiger partial charge in [-0.2, -0.15) is 0 Å². The fourth-order valence-corrected chi connectivity index (χ4v) is 3.33. The van der Waals surface area contributed by atoms with Crippen molar-refractivity contribution in [3.8, 4) is 0 Å². The summed E-state index contributed by atoms with van der Waals surface area (Å²) < 4.78 is 13.3.